The van der Waals surface area contributed by atoms with Crippen LogP contribution in [0, 0.1) is 0 Å². The molecule has 34 heavy (non-hydrogen) atoms. The molecule has 182 valence electrons. The van der Waals surface area contributed by atoms with Crippen molar-refractivity contribution in [3.63, 3.8) is 0 Å². The lowest BCUT2D eigenvalue weighted by Crippen LogP contribution is -2.01. The minimum Gasteiger partial charge on any atom is -0.300 e. The summed E-state index contributed by atoms with van der Waals surface area (Å²) in [4.78, 5) is 10.8. The van der Waals surface area contributed by atoms with Gasteiger partial charge >= 0.3 is 0 Å². The van der Waals surface area contributed by atoms with Gasteiger partial charge in [0.1, 0.15) is 5.78 Å². The fourth-order valence-corrected chi connectivity index (χ4v) is 4.15. The Morgan fingerprint density at radius 2 is 1.12 bits per heavy atom. The highest BCUT2D eigenvalue weighted by Crippen LogP contribution is 2.31. The molecule has 0 N–H and O–H groups in total. The summed E-state index contributed by atoms with van der Waals surface area (Å²) in [5.41, 5.74) is 5.31. The van der Waals surface area contributed by atoms with E-state index in [1.807, 2.05) is 24.3 Å². The number of carbonyl (C=O) groups is 1. The summed E-state index contributed by atoms with van der Waals surface area (Å²) < 4.78 is 0. The molecule has 0 amide bonds. The van der Waals surface area contributed by atoms with Crippen LogP contribution in [0.4, 0.5) is 0 Å². The first-order valence-electron chi connectivity index (χ1n) is 12.5. The van der Waals surface area contributed by atoms with Crippen molar-refractivity contribution in [1.82, 2.24) is 0 Å². The van der Waals surface area contributed by atoms with Crippen LogP contribution >= 0.6 is 23.2 Å². The molecule has 0 aliphatic rings. The lowest BCUT2D eigenvalue weighted by Gasteiger charge is -2.18. The van der Waals surface area contributed by atoms with E-state index in [2.05, 4.69) is 62.4 Å². The molecular formula is C31H38Cl2O. The number of hydrogen-bond acceptors (Lipinski definition) is 1. The van der Waals surface area contributed by atoms with E-state index >= 15 is 0 Å². The maximum Gasteiger partial charge on any atom is 0.130 e. The first kappa shape index (κ1) is 28.1. The highest BCUT2D eigenvalue weighted by Gasteiger charge is 2.13. The summed E-state index contributed by atoms with van der Waals surface area (Å²) >= 11 is 11.9. The fourth-order valence-electron chi connectivity index (χ4n) is 3.90. The maximum atomic E-state index is 10.8. The maximum absolute atomic E-state index is 10.8. The van der Waals surface area contributed by atoms with Gasteiger partial charge in [-0.3, -0.25) is 0 Å². The lowest BCUT2D eigenvalue weighted by molar-refractivity contribution is -0.116. The van der Waals surface area contributed by atoms with Gasteiger partial charge in [-0.2, -0.15) is 0 Å². The number of benzene rings is 3. The Balaban J connectivity index is 0.000000248. The summed E-state index contributed by atoms with van der Waals surface area (Å²) in [6, 6.07) is 25.0. The number of aryl methyl sites for hydroxylation is 2. The highest BCUT2D eigenvalue weighted by atomic mass is 35.5. The number of rotatable bonds is 11. The van der Waals surface area contributed by atoms with Crippen molar-refractivity contribution in [2.24, 2.45) is 0 Å². The Labute approximate surface area is 216 Å². The van der Waals surface area contributed by atoms with Gasteiger partial charge < -0.3 is 4.79 Å². The molecule has 3 aromatic carbocycles. The van der Waals surface area contributed by atoms with E-state index in [-0.39, 0.29) is 5.78 Å². The van der Waals surface area contributed by atoms with Crippen molar-refractivity contribution < 1.29 is 4.79 Å². The first-order chi connectivity index (χ1) is 16.4. The third-order valence-electron chi connectivity index (χ3n) is 6.00. The molecule has 0 aromatic heterocycles. The molecule has 0 fully saturated rings. The molecule has 0 saturated carbocycles. The second-order valence-corrected chi connectivity index (χ2v) is 9.79. The molecule has 0 saturated heterocycles. The van der Waals surface area contributed by atoms with E-state index in [1.165, 1.54) is 54.4 Å². The standard InChI is InChI=1S/C17H18Cl2.C14H20O/c1-2-3-4-17(13-5-9-15(18)10-6-13)14-7-11-16(19)12-8-14;1-3-4-5-13-8-10-14(11-9-13)7-6-12(2)15/h5-12,17H,2-4H2,1H3;8-11H,3-7H2,1-2H3. The Hall–Kier alpha value is -2.09. The molecule has 3 aromatic rings. The molecule has 0 bridgehead atoms. The largest absolute Gasteiger partial charge is 0.300 e. The second kappa shape index (κ2) is 15.7. The SMILES string of the molecule is CCCCC(c1ccc(Cl)cc1)c1ccc(Cl)cc1.CCCCc1ccc(CCC(C)=O)cc1. The van der Waals surface area contributed by atoms with Crippen molar-refractivity contribution in [3.05, 3.63) is 105 Å². The molecule has 3 heteroatoms. The van der Waals surface area contributed by atoms with Crippen molar-refractivity contribution in [1.29, 1.82) is 0 Å². The summed E-state index contributed by atoms with van der Waals surface area (Å²) in [5, 5.41) is 1.57. The predicted molar refractivity (Wildman–Crippen MR) is 148 cm³/mol. The number of unbranched alkanes of at least 4 members (excludes halogenated alkanes) is 2. The number of ketones is 1. The van der Waals surface area contributed by atoms with Crippen LogP contribution in [-0.2, 0) is 17.6 Å². The van der Waals surface area contributed by atoms with Crippen LogP contribution in [0.3, 0.4) is 0 Å². The van der Waals surface area contributed by atoms with Crippen molar-refractivity contribution in [2.75, 3.05) is 0 Å². The average molecular weight is 498 g/mol. The van der Waals surface area contributed by atoms with Crippen LogP contribution in [0.2, 0.25) is 10.0 Å². The summed E-state index contributed by atoms with van der Waals surface area (Å²) in [7, 11) is 0. The van der Waals surface area contributed by atoms with Gasteiger partial charge in [0.25, 0.3) is 0 Å². The third-order valence-corrected chi connectivity index (χ3v) is 6.50. The van der Waals surface area contributed by atoms with E-state index < -0.39 is 0 Å². The third kappa shape index (κ3) is 10.5. The van der Waals surface area contributed by atoms with Crippen molar-refractivity contribution in [3.8, 4) is 0 Å². The van der Waals surface area contributed by atoms with E-state index in [0.29, 0.717) is 12.3 Å². The van der Waals surface area contributed by atoms with Gasteiger partial charge in [0.2, 0.25) is 0 Å². The zero-order valence-electron chi connectivity index (χ0n) is 20.8. The van der Waals surface area contributed by atoms with Gasteiger partial charge in [0.05, 0.1) is 0 Å². The molecule has 0 unspecified atom stereocenters. The molecule has 0 spiro atoms. The van der Waals surface area contributed by atoms with E-state index in [4.69, 9.17) is 23.2 Å². The highest BCUT2D eigenvalue weighted by molar-refractivity contribution is 6.30. The molecule has 3 rings (SSSR count). The van der Waals surface area contributed by atoms with Crippen molar-refractivity contribution >= 4 is 29.0 Å². The zero-order chi connectivity index (χ0) is 24.8. The van der Waals surface area contributed by atoms with E-state index in [1.54, 1.807) is 6.92 Å². The van der Waals surface area contributed by atoms with Gasteiger partial charge in [-0.05, 0) is 79.1 Å². The average Bonchev–Trinajstić information content (AvgIpc) is 2.85. The molecule has 0 aliphatic carbocycles. The van der Waals surface area contributed by atoms with Gasteiger partial charge in [-0.25, -0.2) is 0 Å². The first-order valence-corrected chi connectivity index (χ1v) is 13.3. The van der Waals surface area contributed by atoms with Crippen LogP contribution < -0.4 is 0 Å². The Bertz CT molecular complexity index is 914. The lowest BCUT2D eigenvalue weighted by atomic mass is 9.87. The summed E-state index contributed by atoms with van der Waals surface area (Å²) in [6.07, 6.45) is 8.79. The topological polar surface area (TPSA) is 17.1 Å². The number of carbonyl (C=O) groups excluding carboxylic acids is 1. The molecule has 0 heterocycles. The Kier molecular flexibility index (Phi) is 13.0. The van der Waals surface area contributed by atoms with Crippen LogP contribution in [0.5, 0.6) is 0 Å². The van der Waals surface area contributed by atoms with Crippen LogP contribution in [0.25, 0.3) is 0 Å². The fraction of sp³-hybridized carbons (Fsp3) is 0.387. The second-order valence-electron chi connectivity index (χ2n) is 8.92. The Morgan fingerprint density at radius 3 is 1.53 bits per heavy atom. The van der Waals surface area contributed by atoms with Gasteiger partial charge in [-0.15, -0.1) is 0 Å². The van der Waals surface area contributed by atoms with E-state index in [9.17, 15) is 4.79 Å². The zero-order valence-corrected chi connectivity index (χ0v) is 22.3. The quantitative estimate of drug-likeness (QED) is 0.258. The number of halogens is 2. The molecular weight excluding hydrogens is 459 g/mol. The van der Waals surface area contributed by atoms with Gasteiger partial charge in [-0.1, -0.05) is 105 Å². The summed E-state index contributed by atoms with van der Waals surface area (Å²) in [5.74, 6) is 0.694. The normalized spacial score (nSPS) is 10.6. The van der Waals surface area contributed by atoms with Crippen molar-refractivity contribution in [2.45, 2.75) is 78.1 Å². The number of hydrogen-bond donors (Lipinski definition) is 0. The van der Waals surface area contributed by atoms with Gasteiger partial charge in [0, 0.05) is 22.4 Å². The smallest absolute Gasteiger partial charge is 0.130 e. The molecule has 0 aliphatic heterocycles. The minimum absolute atomic E-state index is 0.269. The molecule has 0 radical (unpaired) electrons. The van der Waals surface area contributed by atoms with Gasteiger partial charge in [0.15, 0.2) is 0 Å². The Morgan fingerprint density at radius 1 is 0.676 bits per heavy atom. The predicted octanol–water partition coefficient (Wildman–Crippen LogP) is 9.87. The summed E-state index contributed by atoms with van der Waals surface area (Å²) in [6.45, 7) is 6.08. The van der Waals surface area contributed by atoms with Crippen LogP contribution in [-0.4, -0.2) is 5.78 Å². The monoisotopic (exact) mass is 496 g/mol. The number of Topliss-reactive ketones (excluding diaryl/α,β-unsaturated/α-hetero) is 1. The van der Waals surface area contributed by atoms with Crippen LogP contribution in [0.15, 0.2) is 72.8 Å². The van der Waals surface area contributed by atoms with Crippen LogP contribution in [0.1, 0.15) is 87.5 Å². The molecule has 0 atom stereocenters. The van der Waals surface area contributed by atoms with E-state index in [0.717, 1.165) is 22.9 Å². The molecule has 1 nitrogen and oxygen atoms in total. The minimum atomic E-state index is 0.269.